The largest absolute Gasteiger partial charge is 0.481 e. The van der Waals surface area contributed by atoms with Crippen LogP contribution in [0, 0.1) is 5.92 Å². The third-order valence-corrected chi connectivity index (χ3v) is 4.67. The summed E-state index contributed by atoms with van der Waals surface area (Å²) in [5, 5.41) is 12.0. The second kappa shape index (κ2) is 5.69. The average Bonchev–Trinajstić information content (AvgIpc) is 2.95. The minimum absolute atomic E-state index is 0.0239. The van der Waals surface area contributed by atoms with Crippen LogP contribution in [0.2, 0.25) is 0 Å². The lowest BCUT2D eigenvalue weighted by Crippen LogP contribution is -2.38. The molecule has 5 nitrogen and oxygen atoms in total. The van der Waals surface area contributed by atoms with Gasteiger partial charge in [0, 0.05) is 18.0 Å². The van der Waals surface area contributed by atoms with Crippen molar-refractivity contribution in [2.45, 2.75) is 39.2 Å². The normalized spacial score (nSPS) is 22.7. The first-order valence-corrected chi connectivity index (χ1v) is 7.36. The Labute approximate surface area is 116 Å². The minimum Gasteiger partial charge on any atom is -0.481 e. The van der Waals surface area contributed by atoms with Crippen LogP contribution in [-0.4, -0.2) is 39.5 Å². The van der Waals surface area contributed by atoms with Gasteiger partial charge in [-0.15, -0.1) is 11.3 Å². The first kappa shape index (κ1) is 14.0. The summed E-state index contributed by atoms with van der Waals surface area (Å²) in [6, 6.07) is -0.228. The molecule has 1 aliphatic rings. The Kier molecular flexibility index (Phi) is 4.19. The standard InChI is InChI=1S/C13H18N2O3S/c1-3-11-14-9(7-19-11)6-12(16)15-5-4-10(8(15)2)13(17)18/h7-8,10H,3-6H2,1-2H3,(H,17,18). The van der Waals surface area contributed by atoms with Crippen molar-refractivity contribution in [3.63, 3.8) is 0 Å². The molecule has 0 aliphatic carbocycles. The maximum absolute atomic E-state index is 12.2. The van der Waals surface area contributed by atoms with Crippen LogP contribution < -0.4 is 0 Å². The monoisotopic (exact) mass is 282 g/mol. The fraction of sp³-hybridized carbons (Fsp3) is 0.615. The zero-order chi connectivity index (χ0) is 14.0. The number of thiazole rings is 1. The zero-order valence-corrected chi connectivity index (χ0v) is 11.9. The molecule has 0 bridgehead atoms. The van der Waals surface area contributed by atoms with Gasteiger partial charge in [-0.2, -0.15) is 0 Å². The highest BCUT2D eigenvalue weighted by atomic mass is 32.1. The molecule has 2 rings (SSSR count). The Balaban J connectivity index is 1.99. The van der Waals surface area contributed by atoms with E-state index in [0.717, 1.165) is 17.1 Å². The smallest absolute Gasteiger partial charge is 0.308 e. The summed E-state index contributed by atoms with van der Waals surface area (Å²) in [4.78, 5) is 29.3. The summed E-state index contributed by atoms with van der Waals surface area (Å²) >= 11 is 1.56. The highest BCUT2D eigenvalue weighted by molar-refractivity contribution is 7.09. The molecule has 0 saturated carbocycles. The number of carbonyl (C=O) groups is 2. The maximum atomic E-state index is 12.2. The highest BCUT2D eigenvalue weighted by Gasteiger charge is 2.37. The number of aromatic nitrogens is 1. The van der Waals surface area contributed by atoms with Gasteiger partial charge in [0.05, 0.1) is 23.0 Å². The van der Waals surface area contributed by atoms with Crippen molar-refractivity contribution in [3.8, 4) is 0 Å². The number of hydrogen-bond donors (Lipinski definition) is 1. The molecule has 104 valence electrons. The van der Waals surface area contributed by atoms with E-state index in [1.807, 2.05) is 19.2 Å². The van der Waals surface area contributed by atoms with Crippen LogP contribution in [0.5, 0.6) is 0 Å². The number of aliphatic carboxylic acids is 1. The van der Waals surface area contributed by atoms with Crippen LogP contribution in [0.3, 0.4) is 0 Å². The van der Waals surface area contributed by atoms with Gasteiger partial charge in [0.2, 0.25) is 5.91 Å². The second-order valence-electron chi connectivity index (χ2n) is 4.82. The van der Waals surface area contributed by atoms with E-state index >= 15 is 0 Å². The Morgan fingerprint density at radius 2 is 2.32 bits per heavy atom. The fourth-order valence-electron chi connectivity index (χ4n) is 2.47. The summed E-state index contributed by atoms with van der Waals surface area (Å²) in [5.74, 6) is -1.28. The van der Waals surface area contributed by atoms with Crippen molar-refractivity contribution in [2.24, 2.45) is 5.92 Å². The van der Waals surface area contributed by atoms with E-state index < -0.39 is 11.9 Å². The van der Waals surface area contributed by atoms with Gasteiger partial charge in [-0.3, -0.25) is 9.59 Å². The van der Waals surface area contributed by atoms with E-state index in [0.29, 0.717) is 13.0 Å². The van der Waals surface area contributed by atoms with Crippen LogP contribution in [0.25, 0.3) is 0 Å². The summed E-state index contributed by atoms with van der Waals surface area (Å²) in [5.41, 5.74) is 0.790. The molecule has 19 heavy (non-hydrogen) atoms. The number of rotatable bonds is 4. The van der Waals surface area contributed by atoms with E-state index in [4.69, 9.17) is 5.11 Å². The predicted molar refractivity (Wildman–Crippen MR) is 72.1 cm³/mol. The molecule has 1 aromatic heterocycles. The summed E-state index contributed by atoms with van der Waals surface area (Å²) in [6.07, 6.45) is 1.69. The highest BCUT2D eigenvalue weighted by Crippen LogP contribution is 2.25. The molecule has 0 aromatic carbocycles. The minimum atomic E-state index is -0.815. The summed E-state index contributed by atoms with van der Waals surface area (Å²) < 4.78 is 0. The average molecular weight is 282 g/mol. The van der Waals surface area contributed by atoms with E-state index in [-0.39, 0.29) is 18.4 Å². The molecule has 1 aromatic rings. The lowest BCUT2D eigenvalue weighted by molar-refractivity contribution is -0.143. The number of nitrogens with zero attached hydrogens (tertiary/aromatic N) is 2. The number of amides is 1. The van der Waals surface area contributed by atoms with Gasteiger partial charge >= 0.3 is 5.97 Å². The molecule has 2 atom stereocenters. The molecule has 1 amide bonds. The van der Waals surface area contributed by atoms with E-state index in [2.05, 4.69) is 4.98 Å². The molecular formula is C13H18N2O3S. The molecule has 1 N–H and O–H groups in total. The van der Waals surface area contributed by atoms with Crippen molar-refractivity contribution >= 4 is 23.2 Å². The molecular weight excluding hydrogens is 264 g/mol. The fourth-order valence-corrected chi connectivity index (χ4v) is 3.22. The van der Waals surface area contributed by atoms with Crippen LogP contribution in [0.4, 0.5) is 0 Å². The number of carboxylic acid groups (broad SMARTS) is 1. The molecule has 0 radical (unpaired) electrons. The van der Waals surface area contributed by atoms with Crippen LogP contribution >= 0.6 is 11.3 Å². The Morgan fingerprint density at radius 3 is 2.84 bits per heavy atom. The molecule has 2 unspecified atom stereocenters. The molecule has 1 saturated heterocycles. The van der Waals surface area contributed by atoms with Crippen LogP contribution in [0.15, 0.2) is 5.38 Å². The number of likely N-dealkylation sites (tertiary alicyclic amines) is 1. The molecule has 6 heteroatoms. The maximum Gasteiger partial charge on any atom is 0.308 e. The summed E-state index contributed by atoms with van der Waals surface area (Å²) in [6.45, 7) is 4.37. The van der Waals surface area contributed by atoms with Gasteiger partial charge in [-0.05, 0) is 19.8 Å². The number of aryl methyl sites for hydroxylation is 1. The van der Waals surface area contributed by atoms with Crippen molar-refractivity contribution < 1.29 is 14.7 Å². The molecule has 1 fully saturated rings. The predicted octanol–water partition coefficient (Wildman–Crippen LogP) is 1.57. The van der Waals surface area contributed by atoms with Crippen molar-refractivity contribution in [3.05, 3.63) is 16.1 Å². The zero-order valence-electron chi connectivity index (χ0n) is 11.1. The van der Waals surface area contributed by atoms with Gasteiger partial charge in [0.25, 0.3) is 0 Å². The first-order valence-electron chi connectivity index (χ1n) is 6.48. The quantitative estimate of drug-likeness (QED) is 0.910. The topological polar surface area (TPSA) is 70.5 Å². The van der Waals surface area contributed by atoms with Crippen LogP contribution in [-0.2, 0) is 22.4 Å². The van der Waals surface area contributed by atoms with Gasteiger partial charge in [-0.25, -0.2) is 4.98 Å². The van der Waals surface area contributed by atoms with Crippen molar-refractivity contribution in [2.75, 3.05) is 6.54 Å². The van der Waals surface area contributed by atoms with Gasteiger partial charge in [0.15, 0.2) is 0 Å². The van der Waals surface area contributed by atoms with E-state index in [1.165, 1.54) is 0 Å². The molecule has 0 spiro atoms. The van der Waals surface area contributed by atoms with Crippen molar-refractivity contribution in [1.82, 2.24) is 9.88 Å². The third kappa shape index (κ3) is 2.94. The molecule has 2 heterocycles. The molecule has 1 aliphatic heterocycles. The van der Waals surface area contributed by atoms with Gasteiger partial charge in [-0.1, -0.05) is 6.92 Å². The third-order valence-electron chi connectivity index (χ3n) is 3.63. The van der Waals surface area contributed by atoms with Gasteiger partial charge in [0.1, 0.15) is 0 Å². The van der Waals surface area contributed by atoms with Crippen molar-refractivity contribution in [1.29, 1.82) is 0 Å². The lowest BCUT2D eigenvalue weighted by Gasteiger charge is -2.22. The van der Waals surface area contributed by atoms with E-state index in [9.17, 15) is 9.59 Å². The van der Waals surface area contributed by atoms with E-state index in [1.54, 1.807) is 16.2 Å². The summed E-state index contributed by atoms with van der Waals surface area (Å²) in [7, 11) is 0. The first-order chi connectivity index (χ1) is 9.02. The number of carbonyl (C=O) groups excluding carboxylic acids is 1. The number of carboxylic acids is 1. The second-order valence-corrected chi connectivity index (χ2v) is 5.77. The Morgan fingerprint density at radius 1 is 1.58 bits per heavy atom. The Bertz CT molecular complexity index is 486. The lowest BCUT2D eigenvalue weighted by atomic mass is 10.0. The SMILES string of the molecule is CCc1nc(CC(=O)N2CCC(C(=O)O)C2C)cs1. The Hall–Kier alpha value is -1.43. The van der Waals surface area contributed by atoms with Gasteiger partial charge < -0.3 is 10.0 Å². The number of hydrogen-bond acceptors (Lipinski definition) is 4. The van der Waals surface area contributed by atoms with Crippen LogP contribution in [0.1, 0.15) is 31.0 Å².